The predicted molar refractivity (Wildman–Crippen MR) is 133 cm³/mol. The minimum Gasteiger partial charge on any atom is -0.376 e. The SMILES string of the molecule is CCCCCCCCCCOC(CCCCCCCCC)C(C)OCCCOP(=O)(O)O. The Morgan fingerprint density at radius 2 is 1.09 bits per heavy atom. The van der Waals surface area contributed by atoms with Crippen LogP contribution in [0.15, 0.2) is 0 Å². The van der Waals surface area contributed by atoms with Crippen molar-refractivity contribution in [1.29, 1.82) is 0 Å². The molecule has 0 fully saturated rings. The lowest BCUT2D eigenvalue weighted by Crippen LogP contribution is -2.30. The molecular formula is C25H53O6P. The summed E-state index contributed by atoms with van der Waals surface area (Å²) in [7, 11) is -4.39. The Balaban J connectivity index is 4.10. The van der Waals surface area contributed by atoms with Gasteiger partial charge in [0.2, 0.25) is 0 Å². The summed E-state index contributed by atoms with van der Waals surface area (Å²) in [6.07, 6.45) is 20.8. The van der Waals surface area contributed by atoms with E-state index in [9.17, 15) is 4.57 Å². The summed E-state index contributed by atoms with van der Waals surface area (Å²) in [5.41, 5.74) is 0. The number of unbranched alkanes of at least 4 members (excludes halogenated alkanes) is 13. The summed E-state index contributed by atoms with van der Waals surface area (Å²) in [5.74, 6) is 0. The van der Waals surface area contributed by atoms with Crippen LogP contribution in [-0.4, -0.2) is 41.8 Å². The topological polar surface area (TPSA) is 85.2 Å². The average Bonchev–Trinajstić information content (AvgIpc) is 2.74. The van der Waals surface area contributed by atoms with Gasteiger partial charge in [-0.15, -0.1) is 0 Å². The largest absolute Gasteiger partial charge is 0.469 e. The second-order valence-electron chi connectivity index (χ2n) is 9.05. The van der Waals surface area contributed by atoms with Crippen LogP contribution < -0.4 is 0 Å². The molecule has 0 aromatic rings. The summed E-state index contributed by atoms with van der Waals surface area (Å²) in [6, 6.07) is 0. The van der Waals surface area contributed by atoms with E-state index in [1.54, 1.807) is 0 Å². The first kappa shape index (κ1) is 32.0. The van der Waals surface area contributed by atoms with E-state index in [1.807, 2.05) is 6.92 Å². The van der Waals surface area contributed by atoms with Crippen LogP contribution in [0, 0.1) is 0 Å². The van der Waals surface area contributed by atoms with Crippen LogP contribution in [0.5, 0.6) is 0 Å². The zero-order valence-electron chi connectivity index (χ0n) is 21.3. The summed E-state index contributed by atoms with van der Waals surface area (Å²) < 4.78 is 27.3. The van der Waals surface area contributed by atoms with Crippen LogP contribution in [0.1, 0.15) is 130 Å². The van der Waals surface area contributed by atoms with Crippen LogP contribution in [0.4, 0.5) is 0 Å². The van der Waals surface area contributed by atoms with E-state index in [0.29, 0.717) is 13.0 Å². The fraction of sp³-hybridized carbons (Fsp3) is 1.00. The second kappa shape index (κ2) is 22.8. The van der Waals surface area contributed by atoms with Crippen molar-refractivity contribution >= 4 is 7.82 Å². The molecule has 0 spiro atoms. The van der Waals surface area contributed by atoms with Crippen molar-refractivity contribution in [2.24, 2.45) is 0 Å². The van der Waals surface area contributed by atoms with E-state index in [1.165, 1.54) is 83.5 Å². The van der Waals surface area contributed by atoms with Gasteiger partial charge in [0.25, 0.3) is 0 Å². The van der Waals surface area contributed by atoms with Crippen molar-refractivity contribution in [3.8, 4) is 0 Å². The highest BCUT2D eigenvalue weighted by atomic mass is 31.2. The van der Waals surface area contributed by atoms with Crippen molar-refractivity contribution in [1.82, 2.24) is 0 Å². The van der Waals surface area contributed by atoms with Gasteiger partial charge in [-0.25, -0.2) is 4.57 Å². The number of hydrogen-bond acceptors (Lipinski definition) is 4. The van der Waals surface area contributed by atoms with Gasteiger partial charge in [-0.05, 0) is 26.2 Å². The van der Waals surface area contributed by atoms with Gasteiger partial charge in [0.1, 0.15) is 0 Å². The molecule has 0 amide bonds. The molecule has 0 rings (SSSR count). The van der Waals surface area contributed by atoms with Gasteiger partial charge in [-0.1, -0.05) is 104 Å². The van der Waals surface area contributed by atoms with Crippen molar-refractivity contribution in [2.75, 3.05) is 19.8 Å². The van der Waals surface area contributed by atoms with Crippen molar-refractivity contribution < 1.29 is 28.3 Å². The standard InChI is InChI=1S/C25H53O6P/c1-4-6-8-10-12-14-16-18-21-30-25(20-17-15-13-11-9-7-5-2)24(3)29-22-19-23-31-32(26,27)28/h24-25H,4-23H2,1-3H3,(H2,26,27,28). The van der Waals surface area contributed by atoms with Crippen LogP contribution in [0.3, 0.4) is 0 Å². The molecular weight excluding hydrogens is 427 g/mol. The van der Waals surface area contributed by atoms with E-state index >= 15 is 0 Å². The Morgan fingerprint density at radius 3 is 1.62 bits per heavy atom. The molecule has 0 aliphatic rings. The molecule has 2 unspecified atom stereocenters. The maximum Gasteiger partial charge on any atom is 0.469 e. The number of phosphoric ester groups is 1. The molecule has 2 atom stereocenters. The number of hydrogen-bond donors (Lipinski definition) is 2. The van der Waals surface area contributed by atoms with Gasteiger partial charge in [0.15, 0.2) is 0 Å². The van der Waals surface area contributed by atoms with E-state index in [2.05, 4.69) is 18.4 Å². The summed E-state index contributed by atoms with van der Waals surface area (Å²) >= 11 is 0. The first-order valence-electron chi connectivity index (χ1n) is 13.3. The molecule has 0 saturated carbocycles. The van der Waals surface area contributed by atoms with Crippen LogP contribution in [0.2, 0.25) is 0 Å². The van der Waals surface area contributed by atoms with Gasteiger partial charge in [0, 0.05) is 13.2 Å². The molecule has 7 heteroatoms. The van der Waals surface area contributed by atoms with Crippen LogP contribution in [-0.2, 0) is 18.6 Å². The van der Waals surface area contributed by atoms with Crippen molar-refractivity contribution in [3.05, 3.63) is 0 Å². The van der Waals surface area contributed by atoms with E-state index in [4.69, 9.17) is 19.3 Å². The molecule has 2 N–H and O–H groups in total. The number of ether oxygens (including phenoxy) is 2. The summed E-state index contributed by atoms with van der Waals surface area (Å²) in [6.45, 7) is 7.73. The van der Waals surface area contributed by atoms with E-state index in [-0.39, 0.29) is 18.8 Å². The minimum atomic E-state index is -4.39. The number of rotatable bonds is 25. The third-order valence-corrected chi connectivity index (χ3v) is 6.39. The van der Waals surface area contributed by atoms with Gasteiger partial charge in [-0.2, -0.15) is 0 Å². The van der Waals surface area contributed by atoms with Gasteiger partial charge >= 0.3 is 7.82 Å². The highest BCUT2D eigenvalue weighted by Gasteiger charge is 2.19. The predicted octanol–water partition coefficient (Wildman–Crippen LogP) is 7.56. The molecule has 0 saturated heterocycles. The lowest BCUT2D eigenvalue weighted by Gasteiger charge is -2.25. The monoisotopic (exact) mass is 480 g/mol. The van der Waals surface area contributed by atoms with E-state index < -0.39 is 7.82 Å². The van der Waals surface area contributed by atoms with Gasteiger partial charge in [0.05, 0.1) is 18.8 Å². The molecule has 32 heavy (non-hydrogen) atoms. The Kier molecular flexibility index (Phi) is 22.8. The Morgan fingerprint density at radius 1 is 0.625 bits per heavy atom. The highest BCUT2D eigenvalue weighted by molar-refractivity contribution is 7.46. The average molecular weight is 481 g/mol. The molecule has 0 aromatic carbocycles. The quantitative estimate of drug-likeness (QED) is 0.104. The van der Waals surface area contributed by atoms with Gasteiger partial charge in [-0.3, -0.25) is 4.52 Å². The molecule has 0 heterocycles. The Labute approximate surface area is 198 Å². The molecule has 6 nitrogen and oxygen atoms in total. The third-order valence-electron chi connectivity index (χ3n) is 5.87. The van der Waals surface area contributed by atoms with E-state index in [0.717, 1.165) is 25.9 Å². The summed E-state index contributed by atoms with van der Waals surface area (Å²) in [4.78, 5) is 17.5. The maximum absolute atomic E-state index is 10.7. The smallest absolute Gasteiger partial charge is 0.376 e. The van der Waals surface area contributed by atoms with Crippen molar-refractivity contribution in [2.45, 2.75) is 142 Å². The molecule has 0 radical (unpaired) electrons. The lowest BCUT2D eigenvalue weighted by molar-refractivity contribution is -0.0717. The Hall–Kier alpha value is 0.0300. The highest BCUT2D eigenvalue weighted by Crippen LogP contribution is 2.35. The van der Waals surface area contributed by atoms with Crippen LogP contribution in [0.25, 0.3) is 0 Å². The number of phosphoric acid groups is 1. The fourth-order valence-corrected chi connectivity index (χ4v) is 4.21. The van der Waals surface area contributed by atoms with Gasteiger partial charge < -0.3 is 19.3 Å². The molecule has 0 aliphatic heterocycles. The fourth-order valence-electron chi connectivity index (χ4n) is 3.85. The first-order chi connectivity index (χ1) is 15.4. The lowest BCUT2D eigenvalue weighted by atomic mass is 10.0. The molecule has 0 aliphatic carbocycles. The maximum atomic E-state index is 10.7. The zero-order chi connectivity index (χ0) is 23.9. The second-order valence-corrected chi connectivity index (χ2v) is 10.3. The molecule has 0 aromatic heterocycles. The summed E-state index contributed by atoms with van der Waals surface area (Å²) in [5, 5.41) is 0. The van der Waals surface area contributed by atoms with Crippen LogP contribution >= 0.6 is 7.82 Å². The van der Waals surface area contributed by atoms with Crippen molar-refractivity contribution in [3.63, 3.8) is 0 Å². The first-order valence-corrected chi connectivity index (χ1v) is 14.9. The Bertz CT molecular complexity index is 429. The molecule has 0 bridgehead atoms. The third kappa shape index (κ3) is 23.2. The minimum absolute atomic E-state index is 0.00145. The normalized spacial score (nSPS) is 14.0. The zero-order valence-corrected chi connectivity index (χ0v) is 22.2. The molecule has 194 valence electrons.